The summed E-state index contributed by atoms with van der Waals surface area (Å²) in [5, 5.41) is 12.0. The summed E-state index contributed by atoms with van der Waals surface area (Å²) in [6, 6.07) is 8.15. The fraction of sp³-hybridized carbons (Fsp3) is 0.400. The lowest BCUT2D eigenvalue weighted by atomic mass is 10.1. The van der Waals surface area contributed by atoms with Gasteiger partial charge in [0.1, 0.15) is 15.4 Å². The molecule has 0 radical (unpaired) electrons. The summed E-state index contributed by atoms with van der Waals surface area (Å²) < 4.78 is 7.67. The zero-order valence-electron chi connectivity index (χ0n) is 20.4. The zero-order chi connectivity index (χ0) is 25.1. The molecular weight excluding hydrogens is 466 g/mol. The third kappa shape index (κ3) is 4.95. The Hall–Kier alpha value is -3.21. The van der Waals surface area contributed by atoms with Gasteiger partial charge in [-0.3, -0.25) is 19.5 Å². The maximum atomic E-state index is 13.8. The van der Waals surface area contributed by atoms with Crippen molar-refractivity contribution in [1.29, 1.82) is 0 Å². The first-order chi connectivity index (χ1) is 16.9. The molecule has 0 spiro atoms. The summed E-state index contributed by atoms with van der Waals surface area (Å²) in [7, 11) is 1.63. The van der Waals surface area contributed by atoms with Crippen molar-refractivity contribution in [3.63, 3.8) is 0 Å². The number of rotatable bonds is 10. The summed E-state index contributed by atoms with van der Waals surface area (Å²) in [5.74, 6) is 0.501. The van der Waals surface area contributed by atoms with Crippen molar-refractivity contribution in [2.24, 2.45) is 0 Å². The van der Waals surface area contributed by atoms with Crippen LogP contribution in [0.2, 0.25) is 0 Å². The van der Waals surface area contributed by atoms with Gasteiger partial charge in [-0.2, -0.15) is 0 Å². The Morgan fingerprint density at radius 2 is 1.89 bits per heavy atom. The predicted molar refractivity (Wildman–Crippen MR) is 139 cm³/mol. The van der Waals surface area contributed by atoms with Crippen LogP contribution in [0.15, 0.2) is 35.1 Å². The first kappa shape index (κ1) is 24.9. The van der Waals surface area contributed by atoms with Crippen LogP contribution >= 0.6 is 11.3 Å². The molecule has 0 saturated heterocycles. The largest absolute Gasteiger partial charge is 0.380 e. The lowest BCUT2D eigenvalue weighted by Crippen LogP contribution is -2.28. The van der Waals surface area contributed by atoms with Gasteiger partial charge in [0.05, 0.1) is 17.0 Å². The number of aryl methyl sites for hydroxylation is 1. The number of nitrogens with zero attached hydrogens (tertiary/aromatic N) is 5. The van der Waals surface area contributed by atoms with E-state index in [1.807, 2.05) is 13.0 Å². The van der Waals surface area contributed by atoms with Gasteiger partial charge in [-0.05, 0) is 56.7 Å². The zero-order valence-corrected chi connectivity index (χ0v) is 21.2. The Labute approximate surface area is 207 Å². The molecule has 184 valence electrons. The van der Waals surface area contributed by atoms with Gasteiger partial charge in [-0.15, -0.1) is 11.3 Å². The molecule has 4 rings (SSSR count). The van der Waals surface area contributed by atoms with Gasteiger partial charge in [0, 0.05) is 42.4 Å². The Morgan fingerprint density at radius 1 is 1.17 bits per heavy atom. The maximum Gasteiger partial charge on any atom is 0.271 e. The molecule has 0 fully saturated rings. The third-order valence-electron chi connectivity index (χ3n) is 6.15. The quantitative estimate of drug-likeness (QED) is 0.231. The second kappa shape index (κ2) is 10.6. The number of methoxy groups -OCH3 is 1. The average Bonchev–Trinajstić information content (AvgIpc) is 3.21. The molecule has 0 saturated carbocycles. The highest BCUT2D eigenvalue weighted by Crippen LogP contribution is 2.34. The van der Waals surface area contributed by atoms with E-state index in [4.69, 9.17) is 9.72 Å². The summed E-state index contributed by atoms with van der Waals surface area (Å²) in [5.41, 5.74) is 2.92. The molecule has 35 heavy (non-hydrogen) atoms. The van der Waals surface area contributed by atoms with Crippen LogP contribution < -0.4 is 5.56 Å². The van der Waals surface area contributed by atoms with Crippen LogP contribution in [-0.4, -0.2) is 51.1 Å². The molecular formula is C25H29N5O4S. The highest BCUT2D eigenvalue weighted by molar-refractivity contribution is 7.25. The number of fused-ring (bicyclic) bond motifs is 3. The van der Waals surface area contributed by atoms with Crippen LogP contribution in [0.4, 0.5) is 5.69 Å². The molecule has 4 aromatic rings. The first-order valence-corrected chi connectivity index (χ1v) is 12.5. The second-order valence-electron chi connectivity index (χ2n) is 8.39. The fourth-order valence-electron chi connectivity index (χ4n) is 4.35. The van der Waals surface area contributed by atoms with Crippen LogP contribution in [0.1, 0.15) is 31.5 Å². The number of aromatic nitrogens is 3. The smallest absolute Gasteiger partial charge is 0.271 e. The lowest BCUT2D eigenvalue weighted by Gasteiger charge is -2.19. The molecule has 10 heteroatoms. The molecule has 0 atom stereocenters. The minimum absolute atomic E-state index is 0.00621. The molecule has 0 aliphatic heterocycles. The average molecular weight is 496 g/mol. The molecule has 0 bridgehead atoms. The SMILES string of the molecule is CCN(CC)CCCn1c(-c2ccc([N+](=O)[O-])cc2)nc2c(sc3nc(C)cc(COC)c32)c1=O. The van der Waals surface area contributed by atoms with Crippen molar-refractivity contribution in [3.05, 3.63) is 62.1 Å². The number of thiophene rings is 1. The molecule has 0 aliphatic rings. The van der Waals surface area contributed by atoms with Crippen LogP contribution in [0.5, 0.6) is 0 Å². The second-order valence-corrected chi connectivity index (χ2v) is 9.39. The van der Waals surface area contributed by atoms with Crippen molar-refractivity contribution in [2.45, 2.75) is 40.3 Å². The number of hydrogen-bond acceptors (Lipinski definition) is 8. The van der Waals surface area contributed by atoms with Gasteiger partial charge >= 0.3 is 0 Å². The summed E-state index contributed by atoms with van der Waals surface area (Å²) in [6.07, 6.45) is 0.784. The van der Waals surface area contributed by atoms with E-state index in [-0.39, 0.29) is 11.2 Å². The molecule has 3 heterocycles. The Balaban J connectivity index is 1.92. The summed E-state index contributed by atoms with van der Waals surface area (Å²) in [4.78, 5) is 37.2. The van der Waals surface area contributed by atoms with Gasteiger partial charge in [-0.1, -0.05) is 13.8 Å². The van der Waals surface area contributed by atoms with Gasteiger partial charge in [0.25, 0.3) is 11.2 Å². The fourth-order valence-corrected chi connectivity index (χ4v) is 5.51. The molecule has 9 nitrogen and oxygen atoms in total. The highest BCUT2D eigenvalue weighted by Gasteiger charge is 2.20. The first-order valence-electron chi connectivity index (χ1n) is 11.7. The summed E-state index contributed by atoms with van der Waals surface area (Å²) >= 11 is 1.35. The Morgan fingerprint density at radius 3 is 2.51 bits per heavy atom. The van der Waals surface area contributed by atoms with E-state index in [0.29, 0.717) is 34.8 Å². The topological polar surface area (TPSA) is 103 Å². The lowest BCUT2D eigenvalue weighted by molar-refractivity contribution is -0.384. The minimum atomic E-state index is -0.436. The van der Waals surface area contributed by atoms with E-state index in [1.54, 1.807) is 23.8 Å². The molecule has 0 amide bonds. The number of non-ortho nitro benzene ring substituents is 1. The predicted octanol–water partition coefficient (Wildman–Crippen LogP) is 4.77. The Bertz CT molecular complexity index is 1420. The van der Waals surface area contributed by atoms with Gasteiger partial charge in [0.15, 0.2) is 0 Å². The van der Waals surface area contributed by atoms with Crippen LogP contribution in [0.3, 0.4) is 0 Å². The molecule has 0 N–H and O–H groups in total. The molecule has 1 aromatic carbocycles. The standard InChI is InChI=1S/C25H29N5O4S/c1-5-28(6-2)12-7-13-29-23(17-8-10-19(11-9-17)30(32)33)27-21-20-18(15-34-4)14-16(3)26-24(20)35-22(21)25(29)31/h8-11,14H,5-7,12-13,15H2,1-4H3. The number of nitro groups is 1. The van der Waals surface area contributed by atoms with E-state index in [1.165, 1.54) is 23.5 Å². The van der Waals surface area contributed by atoms with E-state index in [2.05, 4.69) is 23.7 Å². The number of hydrogen-bond donors (Lipinski definition) is 0. The van der Waals surface area contributed by atoms with Crippen molar-refractivity contribution in [3.8, 4) is 11.4 Å². The van der Waals surface area contributed by atoms with Crippen molar-refractivity contribution < 1.29 is 9.66 Å². The van der Waals surface area contributed by atoms with Crippen molar-refractivity contribution in [2.75, 3.05) is 26.7 Å². The third-order valence-corrected chi connectivity index (χ3v) is 7.21. The van der Waals surface area contributed by atoms with E-state index < -0.39 is 4.92 Å². The van der Waals surface area contributed by atoms with Gasteiger partial charge < -0.3 is 9.64 Å². The summed E-state index contributed by atoms with van der Waals surface area (Å²) in [6.45, 7) is 9.80. The molecule has 0 unspecified atom stereocenters. The van der Waals surface area contributed by atoms with Crippen LogP contribution in [0, 0.1) is 17.0 Å². The molecule has 0 aliphatic carbocycles. The van der Waals surface area contributed by atoms with Crippen LogP contribution in [-0.2, 0) is 17.9 Å². The van der Waals surface area contributed by atoms with Crippen molar-refractivity contribution in [1.82, 2.24) is 19.4 Å². The molecule has 3 aromatic heterocycles. The van der Waals surface area contributed by atoms with Gasteiger partial charge in [0.2, 0.25) is 0 Å². The maximum absolute atomic E-state index is 13.8. The number of pyridine rings is 1. The number of ether oxygens (including phenoxy) is 1. The minimum Gasteiger partial charge on any atom is -0.380 e. The van der Waals surface area contributed by atoms with Crippen LogP contribution in [0.25, 0.3) is 31.8 Å². The van der Waals surface area contributed by atoms with E-state index >= 15 is 0 Å². The highest BCUT2D eigenvalue weighted by atomic mass is 32.1. The number of benzene rings is 1. The van der Waals surface area contributed by atoms with Crippen molar-refractivity contribution >= 4 is 37.5 Å². The number of nitro benzene ring substituents is 1. The van der Waals surface area contributed by atoms with E-state index in [9.17, 15) is 14.9 Å². The van der Waals surface area contributed by atoms with E-state index in [0.717, 1.165) is 47.5 Å². The normalized spacial score (nSPS) is 11.7. The Kier molecular flexibility index (Phi) is 7.54. The van der Waals surface area contributed by atoms with Gasteiger partial charge in [-0.25, -0.2) is 9.97 Å². The monoisotopic (exact) mass is 495 g/mol.